The third kappa shape index (κ3) is 3.54. The van der Waals surface area contributed by atoms with Gasteiger partial charge in [-0.2, -0.15) is 0 Å². The minimum absolute atomic E-state index is 0.455. The van der Waals surface area contributed by atoms with Crippen molar-refractivity contribution < 1.29 is 20.1 Å². The summed E-state index contributed by atoms with van der Waals surface area (Å²) >= 11 is 4.08. The lowest BCUT2D eigenvalue weighted by atomic mass is 10.0. The first-order valence-electron chi connectivity index (χ1n) is 4.37. The lowest BCUT2D eigenvalue weighted by Crippen LogP contribution is -2.21. The van der Waals surface area contributed by atoms with Crippen molar-refractivity contribution >= 4 is 18.6 Å². The number of benzene rings is 1. The molecule has 0 heterocycles. The smallest absolute Gasteiger partial charge is 0.306 e. The summed E-state index contributed by atoms with van der Waals surface area (Å²) in [6.07, 6.45) is -3.00. The van der Waals surface area contributed by atoms with Crippen LogP contribution in [0.1, 0.15) is 18.1 Å². The van der Waals surface area contributed by atoms with Gasteiger partial charge >= 0.3 is 5.97 Å². The average Bonchev–Trinajstić information content (AvgIpc) is 2.15. The SMILES string of the molecule is O=C(O)CC(O)C(O)c1cccc(S)c1. The Morgan fingerprint density at radius 2 is 2.07 bits per heavy atom. The molecule has 0 saturated heterocycles. The quantitative estimate of drug-likeness (QED) is 0.576. The Bertz CT molecular complexity index is 353. The molecule has 2 atom stereocenters. The number of hydrogen-bond donors (Lipinski definition) is 4. The summed E-state index contributed by atoms with van der Waals surface area (Å²) in [6.45, 7) is 0. The Morgan fingerprint density at radius 3 is 2.60 bits per heavy atom. The minimum Gasteiger partial charge on any atom is -0.481 e. The third-order valence-electron chi connectivity index (χ3n) is 1.96. The van der Waals surface area contributed by atoms with Crippen LogP contribution < -0.4 is 0 Å². The Kier molecular flexibility index (Phi) is 4.14. The van der Waals surface area contributed by atoms with E-state index in [2.05, 4.69) is 12.6 Å². The van der Waals surface area contributed by atoms with E-state index >= 15 is 0 Å². The van der Waals surface area contributed by atoms with E-state index in [1.54, 1.807) is 24.3 Å². The first-order valence-corrected chi connectivity index (χ1v) is 4.82. The van der Waals surface area contributed by atoms with Gasteiger partial charge < -0.3 is 15.3 Å². The maximum Gasteiger partial charge on any atom is 0.306 e. The molecule has 0 aliphatic carbocycles. The molecule has 4 nitrogen and oxygen atoms in total. The molecule has 0 aliphatic heterocycles. The molecule has 1 aromatic carbocycles. The van der Waals surface area contributed by atoms with Crippen LogP contribution in [-0.4, -0.2) is 27.4 Å². The summed E-state index contributed by atoms with van der Waals surface area (Å²) in [7, 11) is 0. The van der Waals surface area contributed by atoms with Gasteiger partial charge in [0.25, 0.3) is 0 Å². The Labute approximate surface area is 92.6 Å². The molecule has 0 aromatic heterocycles. The molecule has 0 bridgehead atoms. The van der Waals surface area contributed by atoms with Gasteiger partial charge in [-0.3, -0.25) is 4.79 Å². The van der Waals surface area contributed by atoms with Crippen LogP contribution in [0.25, 0.3) is 0 Å². The van der Waals surface area contributed by atoms with Crippen molar-refractivity contribution in [2.75, 3.05) is 0 Å². The second-order valence-corrected chi connectivity index (χ2v) is 3.72. The van der Waals surface area contributed by atoms with E-state index in [0.717, 1.165) is 0 Å². The molecular formula is C10H12O4S. The molecule has 0 aliphatic rings. The topological polar surface area (TPSA) is 77.8 Å². The number of carboxylic acids is 1. The Hall–Kier alpha value is -1.04. The van der Waals surface area contributed by atoms with Crippen LogP contribution in [0.3, 0.4) is 0 Å². The van der Waals surface area contributed by atoms with Gasteiger partial charge in [0.1, 0.15) is 6.10 Å². The minimum atomic E-state index is -1.31. The summed E-state index contributed by atoms with van der Waals surface area (Å²) in [5, 5.41) is 27.4. The molecule has 0 spiro atoms. The zero-order valence-corrected chi connectivity index (χ0v) is 8.76. The van der Waals surface area contributed by atoms with Crippen LogP contribution in [-0.2, 0) is 4.79 Å². The fourth-order valence-electron chi connectivity index (χ4n) is 1.22. The Morgan fingerprint density at radius 1 is 1.40 bits per heavy atom. The zero-order chi connectivity index (χ0) is 11.4. The monoisotopic (exact) mass is 228 g/mol. The average molecular weight is 228 g/mol. The van der Waals surface area contributed by atoms with Gasteiger partial charge in [-0.1, -0.05) is 12.1 Å². The van der Waals surface area contributed by atoms with Crippen molar-refractivity contribution in [2.24, 2.45) is 0 Å². The second kappa shape index (κ2) is 5.16. The second-order valence-electron chi connectivity index (χ2n) is 3.21. The number of aliphatic hydroxyl groups is 2. The molecule has 1 aromatic rings. The predicted molar refractivity (Wildman–Crippen MR) is 56.9 cm³/mol. The van der Waals surface area contributed by atoms with Crippen LogP contribution in [0.5, 0.6) is 0 Å². The summed E-state index contributed by atoms with van der Waals surface area (Å²) < 4.78 is 0. The maximum atomic E-state index is 10.3. The molecule has 0 fully saturated rings. The highest BCUT2D eigenvalue weighted by Gasteiger charge is 2.20. The van der Waals surface area contributed by atoms with Gasteiger partial charge in [-0.25, -0.2) is 0 Å². The van der Waals surface area contributed by atoms with Gasteiger partial charge in [-0.05, 0) is 17.7 Å². The molecule has 5 heteroatoms. The van der Waals surface area contributed by atoms with Crippen LogP contribution in [0, 0.1) is 0 Å². The van der Waals surface area contributed by atoms with E-state index < -0.39 is 24.6 Å². The van der Waals surface area contributed by atoms with E-state index in [9.17, 15) is 15.0 Å². The lowest BCUT2D eigenvalue weighted by molar-refractivity contribution is -0.141. The summed E-state index contributed by atoms with van der Waals surface area (Å²) in [5.41, 5.74) is 0.455. The number of carboxylic acid groups (broad SMARTS) is 1. The zero-order valence-electron chi connectivity index (χ0n) is 7.87. The van der Waals surface area contributed by atoms with E-state index in [4.69, 9.17) is 5.11 Å². The van der Waals surface area contributed by atoms with Gasteiger partial charge in [-0.15, -0.1) is 12.6 Å². The van der Waals surface area contributed by atoms with Crippen LogP contribution in [0.15, 0.2) is 29.2 Å². The molecule has 0 saturated carbocycles. The molecule has 0 amide bonds. The number of thiol groups is 1. The maximum absolute atomic E-state index is 10.3. The fourth-order valence-corrected chi connectivity index (χ4v) is 1.46. The van der Waals surface area contributed by atoms with Crippen molar-refractivity contribution in [3.8, 4) is 0 Å². The number of carbonyl (C=O) groups is 1. The van der Waals surface area contributed by atoms with Gasteiger partial charge in [0, 0.05) is 4.90 Å². The molecule has 3 N–H and O–H groups in total. The van der Waals surface area contributed by atoms with Crippen molar-refractivity contribution in [3.63, 3.8) is 0 Å². The van der Waals surface area contributed by atoms with Crippen molar-refractivity contribution in [1.29, 1.82) is 0 Å². The summed E-state index contributed by atoms with van der Waals surface area (Å²) in [6, 6.07) is 6.59. The number of rotatable bonds is 4. The van der Waals surface area contributed by atoms with E-state index in [-0.39, 0.29) is 0 Å². The largest absolute Gasteiger partial charge is 0.481 e. The first-order chi connectivity index (χ1) is 7.00. The Balaban J connectivity index is 2.75. The third-order valence-corrected chi connectivity index (χ3v) is 2.24. The number of hydrogen-bond acceptors (Lipinski definition) is 4. The van der Waals surface area contributed by atoms with Crippen molar-refractivity contribution in [2.45, 2.75) is 23.5 Å². The van der Waals surface area contributed by atoms with Gasteiger partial charge in [0.15, 0.2) is 0 Å². The van der Waals surface area contributed by atoms with E-state index in [1.807, 2.05) is 0 Å². The molecule has 1 rings (SSSR count). The van der Waals surface area contributed by atoms with Gasteiger partial charge in [0.2, 0.25) is 0 Å². The molecule has 0 radical (unpaired) electrons. The summed E-state index contributed by atoms with van der Waals surface area (Å²) in [5.74, 6) is -1.15. The standard InChI is InChI=1S/C10H12O4S/c11-8(5-9(12)13)10(14)6-2-1-3-7(15)4-6/h1-4,8,10-11,14-15H,5H2,(H,12,13). The fraction of sp³-hybridized carbons (Fsp3) is 0.300. The molecule has 2 unspecified atom stereocenters. The highest BCUT2D eigenvalue weighted by atomic mass is 32.1. The molecule has 82 valence electrons. The van der Waals surface area contributed by atoms with Crippen molar-refractivity contribution in [1.82, 2.24) is 0 Å². The molecular weight excluding hydrogens is 216 g/mol. The molecule has 15 heavy (non-hydrogen) atoms. The van der Waals surface area contributed by atoms with E-state index in [0.29, 0.717) is 10.5 Å². The normalized spacial score (nSPS) is 14.6. The van der Waals surface area contributed by atoms with E-state index in [1.165, 1.54) is 0 Å². The number of aliphatic hydroxyl groups excluding tert-OH is 2. The van der Waals surface area contributed by atoms with Crippen LogP contribution in [0.4, 0.5) is 0 Å². The van der Waals surface area contributed by atoms with Crippen LogP contribution in [0.2, 0.25) is 0 Å². The first kappa shape index (κ1) is 12.0. The summed E-state index contributed by atoms with van der Waals surface area (Å²) in [4.78, 5) is 11.0. The number of aliphatic carboxylic acids is 1. The predicted octanol–water partition coefficient (Wildman–Crippen LogP) is 0.844. The van der Waals surface area contributed by atoms with Crippen molar-refractivity contribution in [3.05, 3.63) is 29.8 Å². The van der Waals surface area contributed by atoms with Crippen LogP contribution >= 0.6 is 12.6 Å². The lowest BCUT2D eigenvalue weighted by Gasteiger charge is -2.16. The van der Waals surface area contributed by atoms with Gasteiger partial charge in [0.05, 0.1) is 12.5 Å². The highest BCUT2D eigenvalue weighted by Crippen LogP contribution is 2.21. The highest BCUT2D eigenvalue weighted by molar-refractivity contribution is 7.80.